The van der Waals surface area contributed by atoms with E-state index in [1.165, 1.54) is 0 Å². The van der Waals surface area contributed by atoms with Crippen LogP contribution in [0.2, 0.25) is 0 Å². The van der Waals surface area contributed by atoms with E-state index in [2.05, 4.69) is 19.2 Å². The predicted octanol–water partition coefficient (Wildman–Crippen LogP) is 0.903. The second kappa shape index (κ2) is 6.80. The fraction of sp³-hybridized carbons (Fsp3) is 0.909. The first kappa shape index (κ1) is 14.4. The van der Waals surface area contributed by atoms with Gasteiger partial charge in [-0.1, -0.05) is 20.8 Å². The molecule has 0 heterocycles. The van der Waals surface area contributed by atoms with E-state index < -0.39 is 0 Å². The number of carbonyl (C=O) groups excluding carboxylic acids is 1. The highest BCUT2D eigenvalue weighted by molar-refractivity contribution is 5.77. The molecule has 0 aliphatic rings. The van der Waals surface area contributed by atoms with Crippen molar-refractivity contribution >= 4 is 5.91 Å². The van der Waals surface area contributed by atoms with Crippen molar-refractivity contribution in [3.63, 3.8) is 0 Å². The molecule has 0 bridgehead atoms. The summed E-state index contributed by atoms with van der Waals surface area (Å²) in [5.74, 6) is 0.389. The molecule has 0 saturated heterocycles. The summed E-state index contributed by atoms with van der Waals surface area (Å²) in [6.45, 7) is 9.22. The first-order chi connectivity index (χ1) is 6.87. The molecule has 0 aliphatic heterocycles. The molecule has 0 fully saturated rings. The Balaban J connectivity index is 3.55. The topological polar surface area (TPSA) is 64.3 Å². The molecule has 3 N–H and O–H groups in total. The van der Waals surface area contributed by atoms with E-state index in [-0.39, 0.29) is 18.1 Å². The molecule has 4 heteroatoms. The predicted molar refractivity (Wildman–Crippen MR) is 61.6 cm³/mol. The Bertz CT molecular complexity index is 191. The third-order valence-electron chi connectivity index (χ3n) is 2.18. The van der Waals surface area contributed by atoms with Crippen molar-refractivity contribution in [1.29, 1.82) is 0 Å². The second-order valence-electron chi connectivity index (χ2n) is 4.70. The first-order valence-electron chi connectivity index (χ1n) is 5.50. The van der Waals surface area contributed by atoms with Crippen molar-refractivity contribution in [3.8, 4) is 0 Å². The Labute approximate surface area is 92.6 Å². The van der Waals surface area contributed by atoms with Crippen LogP contribution in [0.15, 0.2) is 0 Å². The lowest BCUT2D eigenvalue weighted by molar-refractivity contribution is -0.126. The van der Waals surface area contributed by atoms with Gasteiger partial charge in [0.2, 0.25) is 5.91 Å². The van der Waals surface area contributed by atoms with Crippen LogP contribution in [-0.4, -0.2) is 31.2 Å². The normalized spacial score (nSPS) is 15.1. The summed E-state index contributed by atoms with van der Waals surface area (Å²) in [4.78, 5) is 11.2. The van der Waals surface area contributed by atoms with E-state index in [0.29, 0.717) is 19.1 Å². The standard InChI is InChI=1S/C11H24N2O2/c1-5-11(4,12)8-15-7-10(14)13-6-9(2)3/h9H,5-8,12H2,1-4H3,(H,13,14). The van der Waals surface area contributed by atoms with E-state index >= 15 is 0 Å². The van der Waals surface area contributed by atoms with Gasteiger partial charge in [0, 0.05) is 12.1 Å². The van der Waals surface area contributed by atoms with Gasteiger partial charge in [-0.2, -0.15) is 0 Å². The van der Waals surface area contributed by atoms with Gasteiger partial charge < -0.3 is 15.8 Å². The van der Waals surface area contributed by atoms with Gasteiger partial charge in [-0.15, -0.1) is 0 Å². The minimum absolute atomic E-state index is 0.0735. The minimum Gasteiger partial charge on any atom is -0.370 e. The summed E-state index contributed by atoms with van der Waals surface area (Å²) in [5, 5.41) is 2.78. The number of rotatable bonds is 7. The van der Waals surface area contributed by atoms with E-state index in [4.69, 9.17) is 10.5 Å². The third-order valence-corrected chi connectivity index (χ3v) is 2.18. The van der Waals surface area contributed by atoms with E-state index in [1.807, 2.05) is 13.8 Å². The minimum atomic E-state index is -0.335. The average Bonchev–Trinajstić information content (AvgIpc) is 2.14. The first-order valence-corrected chi connectivity index (χ1v) is 5.50. The molecule has 0 aromatic rings. The van der Waals surface area contributed by atoms with Crippen LogP contribution in [0.5, 0.6) is 0 Å². The van der Waals surface area contributed by atoms with E-state index in [9.17, 15) is 4.79 Å². The zero-order valence-corrected chi connectivity index (χ0v) is 10.3. The van der Waals surface area contributed by atoms with Gasteiger partial charge in [0.15, 0.2) is 0 Å². The number of carbonyl (C=O) groups is 1. The van der Waals surface area contributed by atoms with Gasteiger partial charge in [-0.05, 0) is 19.3 Å². The highest BCUT2D eigenvalue weighted by Crippen LogP contribution is 2.04. The van der Waals surface area contributed by atoms with Crippen LogP contribution < -0.4 is 11.1 Å². The number of amides is 1. The lowest BCUT2D eigenvalue weighted by atomic mass is 10.0. The lowest BCUT2D eigenvalue weighted by Crippen LogP contribution is -2.41. The van der Waals surface area contributed by atoms with Gasteiger partial charge >= 0.3 is 0 Å². The molecular weight excluding hydrogens is 192 g/mol. The number of nitrogens with one attached hydrogen (secondary N) is 1. The fourth-order valence-electron chi connectivity index (χ4n) is 0.848. The number of hydrogen-bond acceptors (Lipinski definition) is 3. The van der Waals surface area contributed by atoms with Crippen molar-refractivity contribution < 1.29 is 9.53 Å². The van der Waals surface area contributed by atoms with Crippen LogP contribution in [0, 0.1) is 5.92 Å². The molecule has 1 atom stereocenters. The van der Waals surface area contributed by atoms with Crippen LogP contribution in [0.25, 0.3) is 0 Å². The molecule has 0 spiro atoms. The summed E-state index contributed by atoms with van der Waals surface area (Å²) < 4.78 is 5.25. The molecular formula is C11H24N2O2. The average molecular weight is 216 g/mol. The highest BCUT2D eigenvalue weighted by Gasteiger charge is 2.16. The molecule has 90 valence electrons. The summed E-state index contributed by atoms with van der Waals surface area (Å²) in [6, 6.07) is 0. The quantitative estimate of drug-likeness (QED) is 0.664. The Morgan fingerprint density at radius 2 is 2.13 bits per heavy atom. The van der Waals surface area contributed by atoms with Crippen molar-refractivity contribution in [1.82, 2.24) is 5.32 Å². The van der Waals surface area contributed by atoms with Gasteiger partial charge in [-0.3, -0.25) is 4.79 Å². The molecule has 1 amide bonds. The maximum absolute atomic E-state index is 11.2. The molecule has 0 aromatic carbocycles. The summed E-state index contributed by atoms with van der Waals surface area (Å²) in [6.07, 6.45) is 0.834. The third kappa shape index (κ3) is 8.39. The number of ether oxygens (including phenoxy) is 1. The molecule has 0 aliphatic carbocycles. The van der Waals surface area contributed by atoms with Crippen LogP contribution in [0.4, 0.5) is 0 Å². The SMILES string of the molecule is CCC(C)(N)COCC(=O)NCC(C)C. The van der Waals surface area contributed by atoms with Gasteiger partial charge in [-0.25, -0.2) is 0 Å². The molecule has 15 heavy (non-hydrogen) atoms. The van der Waals surface area contributed by atoms with Crippen molar-refractivity contribution in [2.75, 3.05) is 19.8 Å². The monoisotopic (exact) mass is 216 g/mol. The zero-order valence-electron chi connectivity index (χ0n) is 10.3. The molecule has 0 saturated carbocycles. The van der Waals surface area contributed by atoms with Gasteiger partial charge in [0.1, 0.15) is 6.61 Å². The van der Waals surface area contributed by atoms with Crippen LogP contribution in [-0.2, 0) is 9.53 Å². The Morgan fingerprint density at radius 1 is 1.53 bits per heavy atom. The summed E-state index contributed by atoms with van der Waals surface area (Å²) in [5.41, 5.74) is 5.53. The summed E-state index contributed by atoms with van der Waals surface area (Å²) >= 11 is 0. The molecule has 4 nitrogen and oxygen atoms in total. The van der Waals surface area contributed by atoms with E-state index in [0.717, 1.165) is 6.42 Å². The molecule has 0 aromatic heterocycles. The van der Waals surface area contributed by atoms with E-state index in [1.54, 1.807) is 0 Å². The fourth-order valence-corrected chi connectivity index (χ4v) is 0.848. The van der Waals surface area contributed by atoms with Gasteiger partial charge in [0.05, 0.1) is 6.61 Å². The Hall–Kier alpha value is -0.610. The number of hydrogen-bond donors (Lipinski definition) is 2. The van der Waals surface area contributed by atoms with Crippen molar-refractivity contribution in [2.24, 2.45) is 11.7 Å². The lowest BCUT2D eigenvalue weighted by Gasteiger charge is -2.22. The molecule has 1 unspecified atom stereocenters. The second-order valence-corrected chi connectivity index (χ2v) is 4.70. The molecule has 0 radical (unpaired) electrons. The highest BCUT2D eigenvalue weighted by atomic mass is 16.5. The summed E-state index contributed by atoms with van der Waals surface area (Å²) in [7, 11) is 0. The maximum atomic E-state index is 11.2. The van der Waals surface area contributed by atoms with Gasteiger partial charge in [0.25, 0.3) is 0 Å². The van der Waals surface area contributed by atoms with Crippen molar-refractivity contribution in [3.05, 3.63) is 0 Å². The van der Waals surface area contributed by atoms with Crippen LogP contribution in [0.3, 0.4) is 0 Å². The van der Waals surface area contributed by atoms with Crippen molar-refractivity contribution in [2.45, 2.75) is 39.7 Å². The molecule has 0 rings (SSSR count). The zero-order chi connectivity index (χ0) is 11.9. The van der Waals surface area contributed by atoms with Crippen LogP contribution in [0.1, 0.15) is 34.1 Å². The Morgan fingerprint density at radius 3 is 2.60 bits per heavy atom. The maximum Gasteiger partial charge on any atom is 0.246 e. The largest absolute Gasteiger partial charge is 0.370 e. The smallest absolute Gasteiger partial charge is 0.246 e. The number of nitrogens with two attached hydrogens (primary N) is 1. The van der Waals surface area contributed by atoms with Crippen LogP contribution >= 0.6 is 0 Å². The Kier molecular flexibility index (Phi) is 6.52.